The molecule has 4 nitrogen and oxygen atoms in total. The molecular formula is C16H16F3N3O. The van der Waals surface area contributed by atoms with E-state index in [0.29, 0.717) is 12.2 Å². The van der Waals surface area contributed by atoms with Crippen molar-refractivity contribution in [1.82, 2.24) is 9.88 Å². The number of amides is 1. The zero-order chi connectivity index (χ0) is 17.0. The summed E-state index contributed by atoms with van der Waals surface area (Å²) in [6.07, 6.45) is -3.60. The van der Waals surface area contributed by atoms with E-state index in [4.69, 9.17) is 0 Å². The van der Waals surface area contributed by atoms with Gasteiger partial charge in [-0.1, -0.05) is 18.2 Å². The highest BCUT2D eigenvalue weighted by Gasteiger charge is 2.32. The Morgan fingerprint density at radius 2 is 1.87 bits per heavy atom. The average molecular weight is 323 g/mol. The van der Waals surface area contributed by atoms with Crippen molar-refractivity contribution in [1.29, 1.82) is 0 Å². The van der Waals surface area contributed by atoms with Crippen LogP contribution >= 0.6 is 0 Å². The lowest BCUT2D eigenvalue weighted by molar-refractivity contribution is -0.141. The van der Waals surface area contributed by atoms with Crippen molar-refractivity contribution in [2.75, 3.05) is 19.4 Å². The molecule has 0 bridgehead atoms. The van der Waals surface area contributed by atoms with Gasteiger partial charge in [-0.2, -0.15) is 13.2 Å². The number of pyridine rings is 1. The van der Waals surface area contributed by atoms with E-state index >= 15 is 0 Å². The summed E-state index contributed by atoms with van der Waals surface area (Å²) in [5.41, 5.74) is 0.566. The van der Waals surface area contributed by atoms with Crippen molar-refractivity contribution in [2.24, 2.45) is 0 Å². The van der Waals surface area contributed by atoms with Crippen molar-refractivity contribution in [3.8, 4) is 0 Å². The Bertz CT molecular complexity index is 682. The van der Waals surface area contributed by atoms with Gasteiger partial charge in [0.25, 0.3) is 5.91 Å². The lowest BCUT2D eigenvalue weighted by Crippen LogP contribution is -2.17. The van der Waals surface area contributed by atoms with E-state index in [1.54, 1.807) is 12.1 Å². The summed E-state index contributed by atoms with van der Waals surface area (Å²) in [6.45, 7) is 0.627. The van der Waals surface area contributed by atoms with Crippen LogP contribution in [0.25, 0.3) is 0 Å². The molecule has 1 aromatic carbocycles. The van der Waals surface area contributed by atoms with E-state index < -0.39 is 17.8 Å². The van der Waals surface area contributed by atoms with Crippen LogP contribution in [0.4, 0.5) is 18.9 Å². The average Bonchev–Trinajstić information content (AvgIpc) is 2.48. The minimum absolute atomic E-state index is 0.0673. The molecule has 0 spiro atoms. The van der Waals surface area contributed by atoms with E-state index in [-0.39, 0.29) is 5.56 Å². The second kappa shape index (κ2) is 6.78. The minimum atomic E-state index is -4.52. The molecule has 0 atom stereocenters. The van der Waals surface area contributed by atoms with Crippen LogP contribution in [0.15, 0.2) is 42.6 Å². The van der Waals surface area contributed by atoms with Gasteiger partial charge in [-0.05, 0) is 37.9 Å². The molecule has 0 saturated carbocycles. The predicted octanol–water partition coefficient (Wildman–Crippen LogP) is 3.41. The number of halogens is 3. The molecule has 2 aromatic rings. The maximum absolute atomic E-state index is 12.5. The van der Waals surface area contributed by atoms with Gasteiger partial charge in [-0.15, -0.1) is 0 Å². The molecule has 1 aromatic heterocycles. The topological polar surface area (TPSA) is 45.2 Å². The van der Waals surface area contributed by atoms with Gasteiger partial charge < -0.3 is 10.2 Å². The Kier molecular flexibility index (Phi) is 5.00. The molecule has 0 aliphatic rings. The summed E-state index contributed by atoms with van der Waals surface area (Å²) in [6, 6.07) is 9.16. The summed E-state index contributed by atoms with van der Waals surface area (Å²) in [5, 5.41) is 2.70. The smallest absolute Gasteiger partial charge is 0.322 e. The van der Waals surface area contributed by atoms with Crippen LogP contribution in [0.5, 0.6) is 0 Å². The minimum Gasteiger partial charge on any atom is -0.322 e. The van der Waals surface area contributed by atoms with Gasteiger partial charge in [0.1, 0.15) is 5.69 Å². The number of nitrogens with one attached hydrogen (secondary N) is 1. The second-order valence-electron chi connectivity index (χ2n) is 5.28. The van der Waals surface area contributed by atoms with Crippen molar-refractivity contribution in [3.05, 3.63) is 59.4 Å². The van der Waals surface area contributed by atoms with Gasteiger partial charge in [-0.3, -0.25) is 9.78 Å². The Balaban J connectivity index is 2.16. The first-order chi connectivity index (χ1) is 10.8. The normalized spacial score (nSPS) is 11.6. The number of alkyl halides is 3. The molecule has 2 rings (SSSR count). The predicted molar refractivity (Wildman–Crippen MR) is 81.0 cm³/mol. The van der Waals surface area contributed by atoms with Crippen molar-refractivity contribution >= 4 is 11.6 Å². The molecule has 1 N–H and O–H groups in total. The molecule has 0 saturated heterocycles. The molecule has 0 unspecified atom stereocenters. The first-order valence-electron chi connectivity index (χ1n) is 6.84. The zero-order valence-electron chi connectivity index (χ0n) is 12.7. The largest absolute Gasteiger partial charge is 0.433 e. The van der Waals surface area contributed by atoms with Gasteiger partial charge in [0.2, 0.25) is 0 Å². The van der Waals surface area contributed by atoms with E-state index in [1.807, 2.05) is 31.1 Å². The summed E-state index contributed by atoms with van der Waals surface area (Å²) < 4.78 is 37.4. The van der Waals surface area contributed by atoms with Gasteiger partial charge >= 0.3 is 6.18 Å². The molecule has 1 amide bonds. The fraction of sp³-hybridized carbons (Fsp3) is 0.250. The number of rotatable bonds is 4. The number of carbonyl (C=O) groups is 1. The quantitative estimate of drug-likeness (QED) is 0.938. The number of hydrogen-bond donors (Lipinski definition) is 1. The fourth-order valence-corrected chi connectivity index (χ4v) is 2.01. The maximum Gasteiger partial charge on any atom is 0.433 e. The lowest BCUT2D eigenvalue weighted by Gasteiger charge is -2.15. The molecule has 0 aliphatic carbocycles. The Morgan fingerprint density at radius 1 is 1.17 bits per heavy atom. The van der Waals surface area contributed by atoms with Crippen LogP contribution in [-0.2, 0) is 12.7 Å². The van der Waals surface area contributed by atoms with Crippen LogP contribution in [0.3, 0.4) is 0 Å². The van der Waals surface area contributed by atoms with E-state index in [9.17, 15) is 18.0 Å². The number of carbonyl (C=O) groups excluding carboxylic acids is 1. The second-order valence-corrected chi connectivity index (χ2v) is 5.28. The Labute approximate surface area is 132 Å². The molecule has 1 heterocycles. The molecule has 122 valence electrons. The van der Waals surface area contributed by atoms with Crippen LogP contribution in [0, 0.1) is 0 Å². The highest BCUT2D eigenvalue weighted by Crippen LogP contribution is 2.27. The van der Waals surface area contributed by atoms with Crippen LogP contribution in [-0.4, -0.2) is 29.9 Å². The first-order valence-corrected chi connectivity index (χ1v) is 6.84. The highest BCUT2D eigenvalue weighted by molar-refractivity contribution is 6.04. The molecule has 0 aliphatic heterocycles. The summed E-state index contributed by atoms with van der Waals surface area (Å²) >= 11 is 0. The van der Waals surface area contributed by atoms with Gasteiger partial charge in [0, 0.05) is 18.4 Å². The first kappa shape index (κ1) is 17.0. The Hall–Kier alpha value is -2.41. The highest BCUT2D eigenvalue weighted by atomic mass is 19.4. The number of hydrogen-bond acceptors (Lipinski definition) is 3. The van der Waals surface area contributed by atoms with Gasteiger partial charge in [0.15, 0.2) is 0 Å². The zero-order valence-corrected chi connectivity index (χ0v) is 12.7. The third kappa shape index (κ3) is 4.53. The van der Waals surface area contributed by atoms with E-state index in [1.165, 1.54) is 0 Å². The molecule has 7 heteroatoms. The van der Waals surface area contributed by atoms with Gasteiger partial charge in [-0.25, -0.2) is 0 Å². The summed E-state index contributed by atoms with van der Waals surface area (Å²) in [7, 11) is 3.80. The van der Waals surface area contributed by atoms with E-state index in [0.717, 1.165) is 23.9 Å². The fourth-order valence-electron chi connectivity index (χ4n) is 2.01. The molecule has 0 radical (unpaired) electrons. The van der Waals surface area contributed by atoms with Gasteiger partial charge in [0.05, 0.1) is 5.56 Å². The van der Waals surface area contributed by atoms with Crippen molar-refractivity contribution < 1.29 is 18.0 Å². The van der Waals surface area contributed by atoms with Crippen LogP contribution in [0.1, 0.15) is 21.6 Å². The third-order valence-electron chi connectivity index (χ3n) is 3.07. The summed E-state index contributed by atoms with van der Waals surface area (Å²) in [4.78, 5) is 17.4. The molecule has 0 fully saturated rings. The van der Waals surface area contributed by atoms with E-state index in [2.05, 4.69) is 10.3 Å². The van der Waals surface area contributed by atoms with Crippen LogP contribution in [0.2, 0.25) is 0 Å². The number of benzene rings is 1. The van der Waals surface area contributed by atoms with Crippen molar-refractivity contribution in [3.63, 3.8) is 0 Å². The number of anilines is 1. The molecular weight excluding hydrogens is 307 g/mol. The lowest BCUT2D eigenvalue weighted by atomic mass is 10.1. The third-order valence-corrected chi connectivity index (χ3v) is 3.07. The number of para-hydroxylation sites is 1. The number of aromatic nitrogens is 1. The SMILES string of the molecule is CN(C)Cc1ccccc1NC(=O)c1ccc(C(F)(F)F)nc1. The van der Waals surface area contributed by atoms with Crippen molar-refractivity contribution in [2.45, 2.75) is 12.7 Å². The Morgan fingerprint density at radius 3 is 2.43 bits per heavy atom. The molecule has 23 heavy (non-hydrogen) atoms. The maximum atomic E-state index is 12.5. The monoisotopic (exact) mass is 323 g/mol. The van der Waals surface area contributed by atoms with Crippen LogP contribution < -0.4 is 5.32 Å². The standard InChI is InChI=1S/C16H16F3N3O/c1-22(2)10-12-5-3-4-6-13(12)21-15(23)11-7-8-14(20-9-11)16(17,18)19/h3-9H,10H2,1-2H3,(H,21,23). The number of nitrogens with zero attached hydrogens (tertiary/aromatic N) is 2. The summed E-state index contributed by atoms with van der Waals surface area (Å²) in [5.74, 6) is -0.502.